The van der Waals surface area contributed by atoms with Crippen LogP contribution in [0.5, 0.6) is 11.5 Å². The van der Waals surface area contributed by atoms with Gasteiger partial charge in [0.2, 0.25) is 0 Å². The fraction of sp³-hybridized carbons (Fsp3) is 0.158. The summed E-state index contributed by atoms with van der Waals surface area (Å²) in [4.78, 5) is 27.5. The SMILES string of the molecule is O=C(OCc1csc(Nc2ccccc2)n1)c1cc2c(cc1[N+](=O)[O-])OCCO2. The van der Waals surface area contributed by atoms with Gasteiger partial charge in [-0.15, -0.1) is 11.3 Å². The molecule has 0 atom stereocenters. The lowest BCUT2D eigenvalue weighted by molar-refractivity contribution is -0.385. The number of esters is 1. The van der Waals surface area contributed by atoms with Crippen molar-refractivity contribution >= 4 is 33.8 Å². The predicted molar refractivity (Wildman–Crippen MR) is 105 cm³/mol. The molecule has 0 spiro atoms. The maximum atomic E-state index is 12.5. The number of para-hydroxylation sites is 1. The zero-order chi connectivity index (χ0) is 20.2. The van der Waals surface area contributed by atoms with E-state index in [4.69, 9.17) is 14.2 Å². The number of rotatable bonds is 6. The topological polar surface area (TPSA) is 113 Å². The van der Waals surface area contributed by atoms with Crippen LogP contribution in [0.25, 0.3) is 0 Å². The van der Waals surface area contributed by atoms with Crippen molar-refractivity contribution in [3.8, 4) is 11.5 Å². The fourth-order valence-electron chi connectivity index (χ4n) is 2.69. The van der Waals surface area contributed by atoms with E-state index in [1.165, 1.54) is 23.5 Å². The lowest BCUT2D eigenvalue weighted by Gasteiger charge is -2.18. The summed E-state index contributed by atoms with van der Waals surface area (Å²) in [5.74, 6) is -0.327. The summed E-state index contributed by atoms with van der Waals surface area (Å²) >= 11 is 1.36. The number of nitrogens with one attached hydrogen (secondary N) is 1. The minimum atomic E-state index is -0.834. The molecule has 0 unspecified atom stereocenters. The van der Waals surface area contributed by atoms with E-state index in [0.717, 1.165) is 5.69 Å². The maximum absolute atomic E-state index is 12.5. The normalized spacial score (nSPS) is 12.3. The second kappa shape index (κ2) is 8.15. The van der Waals surface area contributed by atoms with Gasteiger partial charge >= 0.3 is 5.97 Å². The molecule has 0 amide bonds. The quantitative estimate of drug-likeness (QED) is 0.367. The van der Waals surface area contributed by atoms with E-state index in [2.05, 4.69) is 10.3 Å². The van der Waals surface area contributed by atoms with Crippen LogP contribution in [0.3, 0.4) is 0 Å². The molecule has 0 bridgehead atoms. The summed E-state index contributed by atoms with van der Waals surface area (Å²) in [7, 11) is 0. The number of benzene rings is 2. The van der Waals surface area contributed by atoms with E-state index < -0.39 is 16.6 Å². The average Bonchev–Trinajstić information content (AvgIpc) is 3.19. The highest BCUT2D eigenvalue weighted by Crippen LogP contribution is 2.37. The molecule has 2 heterocycles. The van der Waals surface area contributed by atoms with Gasteiger partial charge in [-0.05, 0) is 12.1 Å². The second-order valence-corrected chi connectivity index (χ2v) is 6.84. The highest BCUT2D eigenvalue weighted by molar-refractivity contribution is 7.13. The highest BCUT2D eigenvalue weighted by Gasteiger charge is 2.27. The number of carbonyl (C=O) groups is 1. The van der Waals surface area contributed by atoms with Crippen LogP contribution < -0.4 is 14.8 Å². The Balaban J connectivity index is 1.45. The Bertz CT molecular complexity index is 1050. The summed E-state index contributed by atoms with van der Waals surface area (Å²) in [5.41, 5.74) is 0.820. The Morgan fingerprint density at radius 2 is 1.93 bits per heavy atom. The number of fused-ring (bicyclic) bond motifs is 1. The Labute approximate surface area is 169 Å². The first kappa shape index (κ1) is 18.7. The Morgan fingerprint density at radius 1 is 1.21 bits per heavy atom. The van der Waals surface area contributed by atoms with Crippen molar-refractivity contribution in [3.05, 3.63) is 69.2 Å². The Hall–Kier alpha value is -3.66. The minimum Gasteiger partial charge on any atom is -0.486 e. The monoisotopic (exact) mass is 413 g/mol. The van der Waals surface area contributed by atoms with Gasteiger partial charge < -0.3 is 19.5 Å². The molecule has 10 heteroatoms. The van der Waals surface area contributed by atoms with Crippen molar-refractivity contribution in [2.75, 3.05) is 18.5 Å². The lowest BCUT2D eigenvalue weighted by atomic mass is 10.1. The summed E-state index contributed by atoms with van der Waals surface area (Å²) < 4.78 is 16.0. The third-order valence-electron chi connectivity index (χ3n) is 4.01. The standard InChI is InChI=1S/C19H15N3O6S/c23-18(14-8-16-17(27-7-6-26-16)9-15(14)22(24)25)28-10-13-11-29-19(21-13)20-12-4-2-1-3-5-12/h1-5,8-9,11H,6-7,10H2,(H,20,21). The van der Waals surface area contributed by atoms with Gasteiger partial charge in [-0.25, -0.2) is 9.78 Å². The van der Waals surface area contributed by atoms with Crippen LogP contribution in [0.4, 0.5) is 16.5 Å². The van der Waals surface area contributed by atoms with Crippen LogP contribution >= 0.6 is 11.3 Å². The van der Waals surface area contributed by atoms with Crippen molar-refractivity contribution in [1.29, 1.82) is 0 Å². The number of aromatic nitrogens is 1. The number of hydrogen-bond acceptors (Lipinski definition) is 9. The van der Waals surface area contributed by atoms with Crippen molar-refractivity contribution in [2.45, 2.75) is 6.61 Å². The van der Waals surface area contributed by atoms with Crippen LogP contribution in [-0.2, 0) is 11.3 Å². The number of carbonyl (C=O) groups excluding carboxylic acids is 1. The fourth-order valence-corrected chi connectivity index (χ4v) is 3.40. The molecule has 1 N–H and O–H groups in total. The van der Waals surface area contributed by atoms with Gasteiger partial charge in [0.1, 0.15) is 25.4 Å². The number of ether oxygens (including phenoxy) is 3. The van der Waals surface area contributed by atoms with Gasteiger partial charge in [-0.3, -0.25) is 10.1 Å². The largest absolute Gasteiger partial charge is 0.486 e. The molecular weight excluding hydrogens is 398 g/mol. The van der Waals surface area contributed by atoms with Crippen LogP contribution in [0, 0.1) is 10.1 Å². The highest BCUT2D eigenvalue weighted by atomic mass is 32.1. The zero-order valence-corrected chi connectivity index (χ0v) is 15.8. The van der Waals surface area contributed by atoms with Gasteiger partial charge in [-0.1, -0.05) is 18.2 Å². The molecule has 3 aromatic rings. The predicted octanol–water partition coefficient (Wildman–Crippen LogP) is 3.92. The van der Waals surface area contributed by atoms with Gasteiger partial charge in [0.15, 0.2) is 16.6 Å². The number of nitrogens with zero attached hydrogens (tertiary/aromatic N) is 2. The van der Waals surface area contributed by atoms with Gasteiger partial charge in [0.25, 0.3) is 5.69 Å². The summed E-state index contributed by atoms with van der Waals surface area (Å²) in [6.07, 6.45) is 0. The molecule has 0 fully saturated rings. The summed E-state index contributed by atoms with van der Waals surface area (Å²) in [6.45, 7) is 0.476. The molecule has 148 valence electrons. The van der Waals surface area contributed by atoms with Crippen LogP contribution in [-0.4, -0.2) is 29.1 Å². The lowest BCUT2D eigenvalue weighted by Crippen LogP contribution is -2.17. The van der Waals surface area contributed by atoms with Gasteiger partial charge in [0.05, 0.1) is 16.7 Å². The van der Waals surface area contributed by atoms with E-state index >= 15 is 0 Å². The van der Waals surface area contributed by atoms with Crippen LogP contribution in [0.2, 0.25) is 0 Å². The first-order valence-electron chi connectivity index (χ1n) is 8.62. The third kappa shape index (κ3) is 4.27. The molecule has 0 radical (unpaired) electrons. The average molecular weight is 413 g/mol. The maximum Gasteiger partial charge on any atom is 0.345 e. The van der Waals surface area contributed by atoms with E-state index in [0.29, 0.717) is 17.4 Å². The number of nitro benzene ring substituents is 1. The van der Waals surface area contributed by atoms with E-state index in [1.54, 1.807) is 5.38 Å². The van der Waals surface area contributed by atoms with E-state index in [9.17, 15) is 14.9 Å². The zero-order valence-electron chi connectivity index (χ0n) is 15.0. The molecule has 0 saturated heterocycles. The third-order valence-corrected chi connectivity index (χ3v) is 4.81. The molecule has 0 saturated carbocycles. The second-order valence-electron chi connectivity index (χ2n) is 5.98. The summed E-state index contributed by atoms with van der Waals surface area (Å²) in [6, 6.07) is 12.0. The number of nitro groups is 1. The first-order valence-corrected chi connectivity index (χ1v) is 9.50. The smallest absolute Gasteiger partial charge is 0.345 e. The molecule has 9 nitrogen and oxygen atoms in total. The van der Waals surface area contributed by atoms with Crippen molar-refractivity contribution in [2.24, 2.45) is 0 Å². The summed E-state index contributed by atoms with van der Waals surface area (Å²) in [5, 5.41) is 16.9. The van der Waals surface area contributed by atoms with Crippen molar-refractivity contribution < 1.29 is 23.9 Å². The molecule has 0 aliphatic carbocycles. The van der Waals surface area contributed by atoms with Crippen LogP contribution in [0.15, 0.2) is 47.8 Å². The molecule has 4 rings (SSSR count). The Kier molecular flexibility index (Phi) is 5.25. The van der Waals surface area contributed by atoms with E-state index in [-0.39, 0.29) is 30.3 Å². The molecule has 2 aromatic carbocycles. The molecule has 1 aliphatic heterocycles. The number of hydrogen-bond donors (Lipinski definition) is 1. The van der Waals surface area contributed by atoms with Crippen molar-refractivity contribution in [1.82, 2.24) is 4.98 Å². The molecular formula is C19H15N3O6S. The van der Waals surface area contributed by atoms with Crippen molar-refractivity contribution in [3.63, 3.8) is 0 Å². The van der Waals surface area contributed by atoms with Gasteiger partial charge in [0, 0.05) is 17.1 Å². The first-order chi connectivity index (χ1) is 14.1. The Morgan fingerprint density at radius 3 is 2.66 bits per heavy atom. The van der Waals surface area contributed by atoms with Gasteiger partial charge in [-0.2, -0.15) is 0 Å². The number of anilines is 2. The minimum absolute atomic E-state index is 0.114. The molecule has 1 aliphatic rings. The number of thiazole rings is 1. The van der Waals surface area contributed by atoms with Crippen LogP contribution in [0.1, 0.15) is 16.1 Å². The molecule has 1 aromatic heterocycles. The molecule has 29 heavy (non-hydrogen) atoms. The van der Waals surface area contributed by atoms with E-state index in [1.807, 2.05) is 30.3 Å².